The lowest BCUT2D eigenvalue weighted by atomic mass is 10.2. The third kappa shape index (κ3) is 3.63. The Bertz CT molecular complexity index is 763. The molecule has 1 aromatic heterocycles. The van der Waals surface area contributed by atoms with Crippen molar-refractivity contribution >= 4 is 23.4 Å². The van der Waals surface area contributed by atoms with Crippen molar-refractivity contribution in [2.24, 2.45) is 16.5 Å². The summed E-state index contributed by atoms with van der Waals surface area (Å²) in [4.78, 5) is 26.3. The predicted octanol–water partition coefficient (Wildman–Crippen LogP) is 1.58. The van der Waals surface area contributed by atoms with Gasteiger partial charge in [0.1, 0.15) is 0 Å². The van der Waals surface area contributed by atoms with Crippen LogP contribution in [-0.4, -0.2) is 28.9 Å². The number of carbonyl (C=O) groups excluding carboxylic acids is 1. The summed E-state index contributed by atoms with van der Waals surface area (Å²) in [6.07, 6.45) is 0. The number of hydrogen-bond acceptors (Lipinski definition) is 4. The van der Waals surface area contributed by atoms with E-state index in [1.807, 2.05) is 44.9 Å². The highest BCUT2D eigenvalue weighted by Gasteiger charge is 2.12. The summed E-state index contributed by atoms with van der Waals surface area (Å²) >= 11 is 0. The maximum atomic E-state index is 11.8. The molecule has 0 saturated carbocycles. The summed E-state index contributed by atoms with van der Waals surface area (Å²) in [6.45, 7) is 5.78. The van der Waals surface area contributed by atoms with Crippen LogP contribution in [0.25, 0.3) is 0 Å². The van der Waals surface area contributed by atoms with Gasteiger partial charge in [-0.1, -0.05) is 0 Å². The van der Waals surface area contributed by atoms with Gasteiger partial charge in [-0.05, 0) is 45.0 Å². The lowest BCUT2D eigenvalue weighted by Crippen LogP contribution is -2.24. The number of nitrogens with two attached hydrogens (primary N) is 2. The zero-order valence-corrected chi connectivity index (χ0v) is 13.7. The van der Waals surface area contributed by atoms with E-state index in [9.17, 15) is 4.79 Å². The third-order valence-corrected chi connectivity index (χ3v) is 3.51. The standard InChI is InChI=1S/C16H20N6O/c1-9-10(2)20-14(11(3)19-9)22(4)13-7-5-12(6-8-13)15(23)21-16(17)18/h5-8H,1-4H3,(H4,17,18,21,23). The van der Waals surface area contributed by atoms with Gasteiger partial charge in [-0.2, -0.15) is 4.99 Å². The van der Waals surface area contributed by atoms with Gasteiger partial charge in [0, 0.05) is 18.3 Å². The molecule has 1 amide bonds. The average Bonchev–Trinajstić information content (AvgIpc) is 2.49. The number of hydrogen-bond donors (Lipinski definition) is 2. The van der Waals surface area contributed by atoms with Crippen molar-refractivity contribution in [3.63, 3.8) is 0 Å². The van der Waals surface area contributed by atoms with E-state index in [0.717, 1.165) is 28.6 Å². The molecule has 7 heteroatoms. The first-order chi connectivity index (χ1) is 10.8. The van der Waals surface area contributed by atoms with E-state index in [0.29, 0.717) is 5.56 Å². The SMILES string of the molecule is Cc1nc(C)c(N(C)c2ccc(C(=O)N=C(N)N)cc2)nc1C. The third-order valence-electron chi connectivity index (χ3n) is 3.51. The molecule has 0 fully saturated rings. The van der Waals surface area contributed by atoms with Crippen LogP contribution in [0.15, 0.2) is 29.3 Å². The minimum Gasteiger partial charge on any atom is -0.370 e. The second kappa shape index (κ2) is 6.43. The second-order valence-electron chi connectivity index (χ2n) is 5.25. The quantitative estimate of drug-likeness (QED) is 0.657. The van der Waals surface area contributed by atoms with Gasteiger partial charge >= 0.3 is 0 Å². The smallest absolute Gasteiger partial charge is 0.280 e. The summed E-state index contributed by atoms with van der Waals surface area (Å²) in [5, 5.41) is 0. The molecule has 120 valence electrons. The fraction of sp³-hybridized carbons (Fsp3) is 0.250. The Morgan fingerprint density at radius 1 is 1.00 bits per heavy atom. The molecule has 0 aliphatic heterocycles. The molecule has 23 heavy (non-hydrogen) atoms. The molecular formula is C16H20N6O. The lowest BCUT2D eigenvalue weighted by Gasteiger charge is -2.21. The summed E-state index contributed by atoms with van der Waals surface area (Å²) in [7, 11) is 1.90. The molecule has 0 atom stereocenters. The first-order valence-corrected chi connectivity index (χ1v) is 7.09. The molecule has 4 N–H and O–H groups in total. The molecule has 2 rings (SSSR count). The fourth-order valence-corrected chi connectivity index (χ4v) is 2.15. The molecule has 0 radical (unpaired) electrons. The lowest BCUT2D eigenvalue weighted by molar-refractivity contribution is 0.100. The van der Waals surface area contributed by atoms with E-state index in [2.05, 4.69) is 15.0 Å². The summed E-state index contributed by atoms with van der Waals surface area (Å²) in [5.74, 6) is 0.0509. The number of carbonyl (C=O) groups is 1. The molecule has 0 unspecified atom stereocenters. The minimum absolute atomic E-state index is 0.253. The average molecular weight is 312 g/mol. The maximum Gasteiger partial charge on any atom is 0.280 e. The van der Waals surface area contributed by atoms with E-state index in [1.165, 1.54) is 0 Å². The van der Waals surface area contributed by atoms with Crippen molar-refractivity contribution < 1.29 is 4.79 Å². The Balaban J connectivity index is 2.31. The van der Waals surface area contributed by atoms with Gasteiger partial charge in [0.05, 0.1) is 17.1 Å². The molecule has 2 aromatic rings. The molecule has 0 saturated heterocycles. The molecule has 1 heterocycles. The van der Waals surface area contributed by atoms with Crippen LogP contribution in [0.1, 0.15) is 27.4 Å². The Hall–Kier alpha value is -2.96. The molecule has 0 aliphatic rings. The number of aliphatic imine (C=N–C) groups is 1. The molecule has 0 spiro atoms. The number of guanidine groups is 1. The van der Waals surface area contributed by atoms with E-state index >= 15 is 0 Å². The Morgan fingerprint density at radius 3 is 2.13 bits per heavy atom. The van der Waals surface area contributed by atoms with Crippen molar-refractivity contribution in [1.82, 2.24) is 9.97 Å². The van der Waals surface area contributed by atoms with Crippen LogP contribution in [0, 0.1) is 20.8 Å². The number of nitrogens with zero attached hydrogens (tertiary/aromatic N) is 4. The molecule has 0 bridgehead atoms. The normalized spacial score (nSPS) is 10.3. The topological polar surface area (TPSA) is 110 Å². The summed E-state index contributed by atoms with van der Waals surface area (Å²) in [6, 6.07) is 6.96. The second-order valence-corrected chi connectivity index (χ2v) is 5.25. The van der Waals surface area contributed by atoms with Crippen molar-refractivity contribution in [2.45, 2.75) is 20.8 Å². The predicted molar refractivity (Wildman–Crippen MR) is 90.9 cm³/mol. The summed E-state index contributed by atoms with van der Waals surface area (Å²) in [5.41, 5.74) is 14.4. The largest absolute Gasteiger partial charge is 0.370 e. The van der Waals surface area contributed by atoms with Crippen molar-refractivity contribution in [3.05, 3.63) is 46.9 Å². The van der Waals surface area contributed by atoms with Gasteiger partial charge < -0.3 is 16.4 Å². The Morgan fingerprint density at radius 2 is 1.57 bits per heavy atom. The van der Waals surface area contributed by atoms with Gasteiger partial charge in [0.25, 0.3) is 5.91 Å². The van der Waals surface area contributed by atoms with Crippen molar-refractivity contribution in [1.29, 1.82) is 0 Å². The highest BCUT2D eigenvalue weighted by atomic mass is 16.1. The van der Waals surface area contributed by atoms with Crippen molar-refractivity contribution in [2.75, 3.05) is 11.9 Å². The number of aromatic nitrogens is 2. The number of amides is 1. The Kier molecular flexibility index (Phi) is 4.59. The number of benzene rings is 1. The van der Waals surface area contributed by atoms with Crippen LogP contribution in [0.4, 0.5) is 11.5 Å². The molecule has 1 aromatic carbocycles. The molecule has 7 nitrogen and oxygen atoms in total. The summed E-state index contributed by atoms with van der Waals surface area (Å²) < 4.78 is 0. The molecular weight excluding hydrogens is 292 g/mol. The van der Waals surface area contributed by atoms with Crippen LogP contribution >= 0.6 is 0 Å². The van der Waals surface area contributed by atoms with E-state index in [4.69, 9.17) is 11.5 Å². The highest BCUT2D eigenvalue weighted by molar-refractivity contribution is 6.02. The van der Waals surface area contributed by atoms with Crippen LogP contribution in [-0.2, 0) is 0 Å². The van der Waals surface area contributed by atoms with E-state index in [1.54, 1.807) is 12.1 Å². The first kappa shape index (κ1) is 16.4. The highest BCUT2D eigenvalue weighted by Crippen LogP contribution is 2.25. The maximum absolute atomic E-state index is 11.8. The van der Waals surface area contributed by atoms with Crippen LogP contribution in [0.2, 0.25) is 0 Å². The number of anilines is 2. The van der Waals surface area contributed by atoms with Gasteiger partial charge in [0.15, 0.2) is 11.8 Å². The zero-order chi connectivity index (χ0) is 17.1. The minimum atomic E-state index is -0.471. The molecule has 0 aliphatic carbocycles. The number of rotatable bonds is 3. The number of aryl methyl sites for hydroxylation is 3. The first-order valence-electron chi connectivity index (χ1n) is 7.09. The monoisotopic (exact) mass is 312 g/mol. The van der Waals surface area contributed by atoms with E-state index in [-0.39, 0.29) is 5.96 Å². The van der Waals surface area contributed by atoms with Crippen LogP contribution in [0.3, 0.4) is 0 Å². The van der Waals surface area contributed by atoms with Crippen molar-refractivity contribution in [3.8, 4) is 0 Å². The zero-order valence-electron chi connectivity index (χ0n) is 13.7. The Labute approximate surface area is 135 Å². The van der Waals surface area contributed by atoms with Crippen LogP contribution < -0.4 is 16.4 Å². The van der Waals surface area contributed by atoms with Gasteiger partial charge in [-0.25, -0.2) is 4.98 Å². The van der Waals surface area contributed by atoms with Gasteiger partial charge in [-0.15, -0.1) is 0 Å². The van der Waals surface area contributed by atoms with Gasteiger partial charge in [-0.3, -0.25) is 9.78 Å². The van der Waals surface area contributed by atoms with Gasteiger partial charge in [0.2, 0.25) is 0 Å². The fourth-order valence-electron chi connectivity index (χ4n) is 2.15. The van der Waals surface area contributed by atoms with Crippen LogP contribution in [0.5, 0.6) is 0 Å². The van der Waals surface area contributed by atoms with E-state index < -0.39 is 5.91 Å².